The van der Waals surface area contributed by atoms with Crippen molar-refractivity contribution in [3.8, 4) is 0 Å². The molecule has 70 valence electrons. The Morgan fingerprint density at radius 2 is 2.23 bits per heavy atom. The van der Waals surface area contributed by atoms with E-state index in [0.29, 0.717) is 9.13 Å². The van der Waals surface area contributed by atoms with Crippen molar-refractivity contribution in [2.24, 2.45) is 0 Å². The smallest absolute Gasteiger partial charge is 0.176 e. The quantitative estimate of drug-likeness (QED) is 0.451. The Kier molecular flexibility index (Phi) is 3.85. The molecular weight excluding hydrogens is 350 g/mol. The maximum Gasteiger partial charge on any atom is 0.176 e. The first kappa shape index (κ1) is 11.1. The Labute approximate surface area is 98.0 Å². The highest BCUT2D eigenvalue weighted by molar-refractivity contribution is 14.1. The summed E-state index contributed by atoms with van der Waals surface area (Å²) in [6.07, 6.45) is 0. The van der Waals surface area contributed by atoms with Crippen molar-refractivity contribution in [3.63, 3.8) is 0 Å². The molecule has 0 bridgehead atoms. The molecule has 0 aliphatic rings. The van der Waals surface area contributed by atoms with E-state index in [4.69, 9.17) is 0 Å². The molecule has 1 atom stereocenters. The van der Waals surface area contributed by atoms with Crippen molar-refractivity contribution < 1.29 is 9.18 Å². The van der Waals surface area contributed by atoms with Crippen molar-refractivity contribution in [1.29, 1.82) is 0 Å². The zero-order valence-corrected chi connectivity index (χ0v) is 10.6. The highest BCUT2D eigenvalue weighted by Crippen LogP contribution is 2.15. The summed E-state index contributed by atoms with van der Waals surface area (Å²) < 4.78 is 13.6. The number of hydrogen-bond acceptors (Lipinski definition) is 1. The molecule has 0 spiro atoms. The van der Waals surface area contributed by atoms with E-state index in [1.54, 1.807) is 19.1 Å². The van der Waals surface area contributed by atoms with Gasteiger partial charge in [0.25, 0.3) is 0 Å². The van der Waals surface area contributed by atoms with E-state index in [2.05, 4.69) is 15.9 Å². The zero-order valence-electron chi connectivity index (χ0n) is 6.85. The van der Waals surface area contributed by atoms with Crippen LogP contribution in [0.5, 0.6) is 0 Å². The van der Waals surface area contributed by atoms with E-state index in [9.17, 15) is 9.18 Å². The Morgan fingerprint density at radius 3 is 2.69 bits per heavy atom. The Morgan fingerprint density at radius 1 is 1.62 bits per heavy atom. The molecule has 0 aliphatic carbocycles. The minimum atomic E-state index is -0.348. The fraction of sp³-hybridized carbons (Fsp3) is 0.222. The molecule has 1 aromatic carbocycles. The van der Waals surface area contributed by atoms with Gasteiger partial charge in [-0.05, 0) is 41.6 Å². The lowest BCUT2D eigenvalue weighted by molar-refractivity contribution is 0.0995. The molecule has 0 amide bonds. The molecule has 0 saturated heterocycles. The highest BCUT2D eigenvalue weighted by atomic mass is 127. The van der Waals surface area contributed by atoms with Gasteiger partial charge in [0.05, 0.1) is 4.83 Å². The molecule has 0 heterocycles. The van der Waals surface area contributed by atoms with Crippen LogP contribution < -0.4 is 0 Å². The summed E-state index contributed by atoms with van der Waals surface area (Å²) in [6.45, 7) is 1.72. The third-order valence-electron chi connectivity index (χ3n) is 1.57. The normalized spacial score (nSPS) is 12.6. The predicted molar refractivity (Wildman–Crippen MR) is 61.8 cm³/mol. The van der Waals surface area contributed by atoms with E-state index in [-0.39, 0.29) is 16.4 Å². The van der Waals surface area contributed by atoms with Gasteiger partial charge in [-0.2, -0.15) is 0 Å². The number of rotatable bonds is 2. The van der Waals surface area contributed by atoms with Gasteiger partial charge in [0.15, 0.2) is 5.78 Å². The molecule has 1 nitrogen and oxygen atoms in total. The van der Waals surface area contributed by atoms with E-state index < -0.39 is 0 Å². The van der Waals surface area contributed by atoms with E-state index >= 15 is 0 Å². The van der Waals surface area contributed by atoms with Crippen molar-refractivity contribution in [2.75, 3.05) is 0 Å². The molecule has 0 fully saturated rings. The zero-order chi connectivity index (χ0) is 10.0. The maximum atomic E-state index is 13.0. The van der Waals surface area contributed by atoms with Crippen LogP contribution in [0.25, 0.3) is 0 Å². The predicted octanol–water partition coefficient (Wildman–Crippen LogP) is 3.40. The van der Waals surface area contributed by atoms with Crippen LogP contribution in [0.4, 0.5) is 4.39 Å². The maximum absolute atomic E-state index is 13.0. The first-order valence-electron chi connectivity index (χ1n) is 3.65. The average Bonchev–Trinajstić information content (AvgIpc) is 2.08. The van der Waals surface area contributed by atoms with Crippen molar-refractivity contribution in [3.05, 3.63) is 33.1 Å². The van der Waals surface area contributed by atoms with Gasteiger partial charge in [-0.3, -0.25) is 4.79 Å². The molecule has 0 N–H and O–H groups in total. The fourth-order valence-corrected chi connectivity index (χ4v) is 1.48. The summed E-state index contributed by atoms with van der Waals surface area (Å²) in [5.41, 5.74) is 0.405. The molecule has 1 aromatic rings. The molecule has 1 rings (SSSR count). The Balaban J connectivity index is 3.04. The van der Waals surface area contributed by atoms with Crippen LogP contribution >= 0.6 is 38.5 Å². The molecule has 4 heteroatoms. The van der Waals surface area contributed by atoms with Gasteiger partial charge in [-0.1, -0.05) is 22.0 Å². The number of carbonyl (C=O) groups excluding carboxylic acids is 1. The van der Waals surface area contributed by atoms with Gasteiger partial charge in [-0.15, -0.1) is 0 Å². The second-order valence-corrected chi connectivity index (χ2v) is 5.14. The second-order valence-electron chi connectivity index (χ2n) is 2.61. The van der Waals surface area contributed by atoms with Crippen LogP contribution in [0, 0.1) is 9.39 Å². The largest absolute Gasteiger partial charge is 0.293 e. The van der Waals surface area contributed by atoms with E-state index in [1.165, 1.54) is 6.07 Å². The Hall–Kier alpha value is 0.0300. The van der Waals surface area contributed by atoms with E-state index in [0.717, 1.165) is 0 Å². The van der Waals surface area contributed by atoms with Crippen LogP contribution in [0.1, 0.15) is 17.3 Å². The second kappa shape index (κ2) is 4.50. The summed E-state index contributed by atoms with van der Waals surface area (Å²) in [6, 6.07) is 4.49. The number of halogens is 3. The standard InChI is InChI=1S/C9H7BrFIO/c1-5(10)9(13)6-2-3-8(12)7(11)4-6/h2-5H,1H3. The molecule has 0 radical (unpaired) electrons. The van der Waals surface area contributed by atoms with Gasteiger partial charge in [0, 0.05) is 9.13 Å². The minimum absolute atomic E-state index is 0.102. The third-order valence-corrected chi connectivity index (χ3v) is 2.86. The number of Topliss-reactive ketones (excluding diaryl/α,β-unsaturated/α-hetero) is 1. The lowest BCUT2D eigenvalue weighted by Crippen LogP contribution is -2.10. The van der Waals surface area contributed by atoms with Crippen LogP contribution in [0.3, 0.4) is 0 Å². The molecule has 1 unspecified atom stereocenters. The summed E-state index contributed by atoms with van der Waals surface area (Å²) in [5, 5.41) is 0. The molecule has 0 aromatic heterocycles. The van der Waals surface area contributed by atoms with Crippen LogP contribution in [-0.4, -0.2) is 10.6 Å². The lowest BCUT2D eigenvalue weighted by atomic mass is 10.1. The number of benzene rings is 1. The minimum Gasteiger partial charge on any atom is -0.293 e. The summed E-state index contributed by atoms with van der Waals surface area (Å²) in [5.74, 6) is -0.449. The number of ketones is 1. The monoisotopic (exact) mass is 356 g/mol. The van der Waals surface area contributed by atoms with Crippen molar-refractivity contribution >= 4 is 44.3 Å². The molecular formula is C9H7BrFIO. The van der Waals surface area contributed by atoms with Gasteiger partial charge in [0.1, 0.15) is 5.82 Å². The van der Waals surface area contributed by atoms with Gasteiger partial charge in [0.2, 0.25) is 0 Å². The van der Waals surface area contributed by atoms with Crippen LogP contribution in [0.15, 0.2) is 18.2 Å². The summed E-state index contributed by atoms with van der Waals surface area (Å²) in [7, 11) is 0. The van der Waals surface area contributed by atoms with Gasteiger partial charge in [-0.25, -0.2) is 4.39 Å². The van der Waals surface area contributed by atoms with Gasteiger partial charge < -0.3 is 0 Å². The topological polar surface area (TPSA) is 17.1 Å². The average molecular weight is 357 g/mol. The molecule has 13 heavy (non-hydrogen) atoms. The number of carbonyl (C=O) groups is 1. The van der Waals surface area contributed by atoms with Crippen LogP contribution in [0.2, 0.25) is 0 Å². The highest BCUT2D eigenvalue weighted by Gasteiger charge is 2.13. The first-order chi connectivity index (χ1) is 6.02. The van der Waals surface area contributed by atoms with Crippen LogP contribution in [-0.2, 0) is 0 Å². The molecule has 0 saturated carbocycles. The summed E-state index contributed by atoms with van der Waals surface area (Å²) in [4.78, 5) is 11.1. The van der Waals surface area contributed by atoms with E-state index in [1.807, 2.05) is 22.6 Å². The fourth-order valence-electron chi connectivity index (χ4n) is 0.879. The SMILES string of the molecule is CC(Br)C(=O)c1ccc(I)c(F)c1. The van der Waals surface area contributed by atoms with Gasteiger partial charge >= 0.3 is 0 Å². The van der Waals surface area contributed by atoms with Crippen molar-refractivity contribution in [2.45, 2.75) is 11.8 Å². The lowest BCUT2D eigenvalue weighted by Gasteiger charge is -2.03. The summed E-state index contributed by atoms with van der Waals surface area (Å²) >= 11 is 5.03. The molecule has 0 aliphatic heterocycles. The Bertz CT molecular complexity index is 338. The third kappa shape index (κ3) is 2.74. The van der Waals surface area contributed by atoms with Crippen molar-refractivity contribution in [1.82, 2.24) is 0 Å². The number of alkyl halides is 1. The number of hydrogen-bond donors (Lipinski definition) is 0. The first-order valence-corrected chi connectivity index (χ1v) is 5.65.